The predicted molar refractivity (Wildman–Crippen MR) is 79.1 cm³/mol. The Hall–Kier alpha value is -1.76. The van der Waals surface area contributed by atoms with Crippen LogP contribution >= 0.6 is 12.6 Å². The van der Waals surface area contributed by atoms with Gasteiger partial charge < -0.3 is 4.90 Å². The highest BCUT2D eigenvalue weighted by Gasteiger charge is 2.15. The first-order valence-electron chi connectivity index (χ1n) is 6.42. The van der Waals surface area contributed by atoms with Gasteiger partial charge in [0.15, 0.2) is 0 Å². The highest BCUT2D eigenvalue weighted by Crippen LogP contribution is 2.11. The molecule has 0 atom stereocenters. The van der Waals surface area contributed by atoms with Crippen molar-refractivity contribution in [3.8, 4) is 0 Å². The molecule has 0 spiro atoms. The summed E-state index contributed by atoms with van der Waals surface area (Å²) in [5.41, 5.74) is 2.04. The summed E-state index contributed by atoms with van der Waals surface area (Å²) in [6, 6.07) is 0. The highest BCUT2D eigenvalue weighted by atomic mass is 32.1. The second-order valence-electron chi connectivity index (χ2n) is 4.77. The van der Waals surface area contributed by atoms with Crippen LogP contribution in [0.15, 0.2) is 24.8 Å². The van der Waals surface area contributed by atoms with E-state index >= 15 is 0 Å². The minimum Gasteiger partial charge on any atom is -0.334 e. The molecule has 0 aliphatic heterocycles. The van der Waals surface area contributed by atoms with Crippen LogP contribution in [0.25, 0.3) is 0 Å². The number of hydrogen-bond acceptors (Lipinski definition) is 4. The summed E-state index contributed by atoms with van der Waals surface area (Å²) in [5, 5.41) is 8.27. The number of nitrogens with zero attached hydrogens (tertiary/aromatic N) is 5. The van der Waals surface area contributed by atoms with E-state index < -0.39 is 0 Å². The van der Waals surface area contributed by atoms with Crippen LogP contribution in [0.5, 0.6) is 0 Å². The fourth-order valence-electron chi connectivity index (χ4n) is 2.03. The molecule has 2 heterocycles. The zero-order chi connectivity index (χ0) is 14.5. The number of amides is 1. The maximum absolute atomic E-state index is 12.2. The average molecular weight is 293 g/mol. The van der Waals surface area contributed by atoms with Crippen molar-refractivity contribution >= 4 is 18.5 Å². The van der Waals surface area contributed by atoms with Gasteiger partial charge in [-0.3, -0.25) is 14.2 Å². The molecule has 2 aromatic heterocycles. The van der Waals surface area contributed by atoms with Gasteiger partial charge in [-0.25, -0.2) is 0 Å². The molecule has 0 unspecified atom stereocenters. The van der Waals surface area contributed by atoms with Crippen LogP contribution in [-0.4, -0.2) is 36.1 Å². The fraction of sp³-hybridized carbons (Fsp3) is 0.462. The van der Waals surface area contributed by atoms with Gasteiger partial charge >= 0.3 is 0 Å². The third-order valence-corrected chi connectivity index (χ3v) is 3.17. The molecule has 0 N–H and O–H groups in total. The smallest absolute Gasteiger partial charge is 0.223 e. The van der Waals surface area contributed by atoms with E-state index in [1.165, 1.54) is 0 Å². The monoisotopic (exact) mass is 293 g/mol. The van der Waals surface area contributed by atoms with Gasteiger partial charge in [0.1, 0.15) is 0 Å². The molecule has 108 valence electrons. The molecule has 20 heavy (non-hydrogen) atoms. The normalized spacial score (nSPS) is 10.8. The van der Waals surface area contributed by atoms with E-state index in [4.69, 9.17) is 0 Å². The van der Waals surface area contributed by atoms with Crippen LogP contribution in [0.2, 0.25) is 0 Å². The van der Waals surface area contributed by atoms with Crippen molar-refractivity contribution < 1.29 is 4.79 Å². The molecular formula is C13H19N5OS. The van der Waals surface area contributed by atoms with Crippen molar-refractivity contribution in [2.24, 2.45) is 14.1 Å². The molecule has 0 saturated heterocycles. The second kappa shape index (κ2) is 6.60. The van der Waals surface area contributed by atoms with Gasteiger partial charge in [0.05, 0.1) is 12.4 Å². The van der Waals surface area contributed by atoms with Crippen molar-refractivity contribution in [3.05, 3.63) is 35.9 Å². The van der Waals surface area contributed by atoms with Crippen molar-refractivity contribution in [2.45, 2.75) is 19.5 Å². The molecule has 1 amide bonds. The number of carbonyl (C=O) groups excluding carboxylic acids is 1. The van der Waals surface area contributed by atoms with E-state index in [0.29, 0.717) is 25.3 Å². The van der Waals surface area contributed by atoms with E-state index in [-0.39, 0.29) is 5.91 Å². The Morgan fingerprint density at radius 1 is 1.15 bits per heavy atom. The van der Waals surface area contributed by atoms with E-state index in [1.54, 1.807) is 21.8 Å². The lowest BCUT2D eigenvalue weighted by molar-refractivity contribution is -0.132. The van der Waals surface area contributed by atoms with E-state index in [1.807, 2.05) is 31.4 Å². The first-order valence-corrected chi connectivity index (χ1v) is 7.05. The van der Waals surface area contributed by atoms with Gasteiger partial charge in [-0.1, -0.05) is 0 Å². The van der Waals surface area contributed by atoms with Crippen LogP contribution in [0.4, 0.5) is 0 Å². The lowest BCUT2D eigenvalue weighted by Gasteiger charge is -2.21. The van der Waals surface area contributed by atoms with Crippen LogP contribution in [0.3, 0.4) is 0 Å². The Balaban J connectivity index is 2.09. The number of carbonyl (C=O) groups is 1. The van der Waals surface area contributed by atoms with Crippen LogP contribution in [0.1, 0.15) is 17.5 Å². The minimum atomic E-state index is 0.0905. The summed E-state index contributed by atoms with van der Waals surface area (Å²) in [6.45, 7) is 1.10. The Labute approximate surface area is 123 Å². The van der Waals surface area contributed by atoms with E-state index in [0.717, 1.165) is 11.1 Å². The largest absolute Gasteiger partial charge is 0.334 e. The van der Waals surface area contributed by atoms with Gasteiger partial charge in [0, 0.05) is 57.1 Å². The molecule has 0 bridgehead atoms. The third-order valence-electron chi connectivity index (χ3n) is 2.94. The van der Waals surface area contributed by atoms with Crippen molar-refractivity contribution in [2.75, 3.05) is 5.75 Å². The zero-order valence-electron chi connectivity index (χ0n) is 11.7. The molecule has 6 nitrogen and oxygen atoms in total. The molecule has 0 aliphatic rings. The number of aryl methyl sites for hydroxylation is 2. The van der Waals surface area contributed by atoms with Crippen LogP contribution in [0, 0.1) is 0 Å². The summed E-state index contributed by atoms with van der Waals surface area (Å²) < 4.78 is 3.47. The van der Waals surface area contributed by atoms with Crippen LogP contribution < -0.4 is 0 Å². The van der Waals surface area contributed by atoms with Gasteiger partial charge in [0.25, 0.3) is 0 Å². The van der Waals surface area contributed by atoms with Crippen LogP contribution in [-0.2, 0) is 32.0 Å². The maximum Gasteiger partial charge on any atom is 0.223 e. The number of hydrogen-bond donors (Lipinski definition) is 1. The molecule has 0 fully saturated rings. The molecule has 2 rings (SSSR count). The summed E-state index contributed by atoms with van der Waals surface area (Å²) in [7, 11) is 3.73. The van der Waals surface area contributed by atoms with E-state index in [2.05, 4.69) is 22.8 Å². The topological polar surface area (TPSA) is 56.0 Å². The summed E-state index contributed by atoms with van der Waals surface area (Å²) in [4.78, 5) is 14.0. The quantitative estimate of drug-likeness (QED) is 0.809. The zero-order valence-corrected chi connectivity index (χ0v) is 12.6. The van der Waals surface area contributed by atoms with Crippen molar-refractivity contribution in [3.63, 3.8) is 0 Å². The molecule has 0 saturated carbocycles. The summed E-state index contributed by atoms with van der Waals surface area (Å²) in [6.07, 6.45) is 7.84. The van der Waals surface area contributed by atoms with Gasteiger partial charge in [-0.05, 0) is 5.75 Å². The van der Waals surface area contributed by atoms with E-state index in [9.17, 15) is 4.79 Å². The molecule has 0 aromatic carbocycles. The average Bonchev–Trinajstić information content (AvgIpc) is 2.98. The fourth-order valence-corrected chi connectivity index (χ4v) is 2.23. The van der Waals surface area contributed by atoms with Crippen molar-refractivity contribution in [1.29, 1.82) is 0 Å². The lowest BCUT2D eigenvalue weighted by atomic mass is 10.2. The SMILES string of the molecule is Cn1cc(CN(Cc2cnn(C)c2)C(=O)CCS)cn1. The minimum absolute atomic E-state index is 0.0905. The number of aromatic nitrogens is 4. The molecule has 7 heteroatoms. The second-order valence-corrected chi connectivity index (χ2v) is 5.22. The molecule has 0 radical (unpaired) electrons. The Kier molecular flexibility index (Phi) is 4.84. The highest BCUT2D eigenvalue weighted by molar-refractivity contribution is 7.80. The summed E-state index contributed by atoms with van der Waals surface area (Å²) in [5.74, 6) is 0.641. The molecule has 0 aliphatic carbocycles. The Morgan fingerprint density at radius 2 is 1.65 bits per heavy atom. The first-order chi connectivity index (χ1) is 9.58. The number of thiol groups is 1. The standard InChI is InChI=1S/C13H19N5OS/c1-16-7-11(5-14-16)9-18(13(19)3-4-20)10-12-6-15-17(2)8-12/h5-8,20H,3-4,9-10H2,1-2H3. The lowest BCUT2D eigenvalue weighted by Crippen LogP contribution is -2.30. The first kappa shape index (κ1) is 14.6. The summed E-state index contributed by atoms with van der Waals surface area (Å²) >= 11 is 4.13. The molecular weight excluding hydrogens is 274 g/mol. The van der Waals surface area contributed by atoms with Gasteiger partial charge in [-0.2, -0.15) is 22.8 Å². The Bertz CT molecular complexity index is 535. The third kappa shape index (κ3) is 3.86. The Morgan fingerprint density at radius 3 is 2.00 bits per heavy atom. The van der Waals surface area contributed by atoms with Gasteiger partial charge in [0.2, 0.25) is 5.91 Å². The molecule has 2 aromatic rings. The number of rotatable bonds is 6. The predicted octanol–water partition coefficient (Wildman–Crippen LogP) is 1.00. The maximum atomic E-state index is 12.2. The van der Waals surface area contributed by atoms with Gasteiger partial charge in [-0.15, -0.1) is 0 Å². The van der Waals surface area contributed by atoms with Crippen molar-refractivity contribution in [1.82, 2.24) is 24.5 Å².